The van der Waals surface area contributed by atoms with Gasteiger partial charge in [0, 0.05) is 11.6 Å². The molecular weight excluding hydrogens is 172 g/mol. The molecule has 0 aromatic rings. The lowest BCUT2D eigenvalue weighted by molar-refractivity contribution is -0.000865. The zero-order valence-electron chi connectivity index (χ0n) is 10.4. The molecule has 1 aliphatic heterocycles. The van der Waals surface area contributed by atoms with Gasteiger partial charge in [-0.25, -0.2) is 0 Å². The van der Waals surface area contributed by atoms with Gasteiger partial charge in [0.05, 0.1) is 0 Å². The van der Waals surface area contributed by atoms with E-state index in [9.17, 15) is 0 Å². The second-order valence-corrected chi connectivity index (χ2v) is 5.34. The Hall–Kier alpha value is -0.0800. The van der Waals surface area contributed by atoms with Crippen molar-refractivity contribution in [3.63, 3.8) is 0 Å². The number of hydrogen-bond donors (Lipinski definition) is 1. The third kappa shape index (κ3) is 2.29. The number of nitrogens with one attached hydrogen (secondary N) is 1. The molecule has 1 aliphatic rings. The molecule has 0 amide bonds. The lowest BCUT2D eigenvalue weighted by Crippen LogP contribution is -2.57. The number of likely N-dealkylation sites (tertiary alicyclic amines) is 1. The Bertz CT molecular complexity index is 173. The van der Waals surface area contributed by atoms with Crippen LogP contribution in [-0.2, 0) is 0 Å². The van der Waals surface area contributed by atoms with Gasteiger partial charge in [-0.2, -0.15) is 0 Å². The van der Waals surface area contributed by atoms with Crippen LogP contribution in [0.2, 0.25) is 0 Å². The Morgan fingerprint density at radius 3 is 2.57 bits per heavy atom. The lowest BCUT2D eigenvalue weighted by Gasteiger charge is -2.50. The highest BCUT2D eigenvalue weighted by Crippen LogP contribution is 2.34. The molecule has 0 spiro atoms. The van der Waals surface area contributed by atoms with Gasteiger partial charge in [-0.15, -0.1) is 0 Å². The first-order chi connectivity index (χ1) is 6.50. The van der Waals surface area contributed by atoms with Crippen molar-refractivity contribution in [2.75, 3.05) is 20.1 Å². The largest absolute Gasteiger partial charge is 0.319 e. The van der Waals surface area contributed by atoms with Crippen molar-refractivity contribution >= 4 is 0 Å². The predicted octanol–water partition coefficient (Wildman–Crippen LogP) is 2.10. The van der Waals surface area contributed by atoms with Gasteiger partial charge in [0.25, 0.3) is 0 Å². The summed E-state index contributed by atoms with van der Waals surface area (Å²) in [5.74, 6) is 0.795. The van der Waals surface area contributed by atoms with Crippen molar-refractivity contribution in [2.45, 2.75) is 52.1 Å². The van der Waals surface area contributed by atoms with Crippen molar-refractivity contribution in [1.29, 1.82) is 0 Å². The van der Waals surface area contributed by atoms with E-state index < -0.39 is 0 Å². The molecule has 0 aliphatic carbocycles. The molecule has 14 heavy (non-hydrogen) atoms. The lowest BCUT2D eigenvalue weighted by atomic mass is 9.78. The maximum absolute atomic E-state index is 3.33. The Morgan fingerprint density at radius 2 is 2.07 bits per heavy atom. The summed E-state index contributed by atoms with van der Waals surface area (Å²) in [7, 11) is 2.06. The molecular formula is C12H26N2. The zero-order valence-corrected chi connectivity index (χ0v) is 10.4. The van der Waals surface area contributed by atoms with Crippen LogP contribution in [0.3, 0.4) is 0 Å². The van der Waals surface area contributed by atoms with Gasteiger partial charge < -0.3 is 5.32 Å². The fourth-order valence-corrected chi connectivity index (χ4v) is 2.91. The molecule has 0 aromatic carbocycles. The minimum absolute atomic E-state index is 0.357. The Balaban J connectivity index is 2.71. The molecule has 0 radical (unpaired) electrons. The third-order valence-corrected chi connectivity index (χ3v) is 3.76. The van der Waals surface area contributed by atoms with E-state index >= 15 is 0 Å². The van der Waals surface area contributed by atoms with Gasteiger partial charge in [0.15, 0.2) is 0 Å². The van der Waals surface area contributed by atoms with Crippen molar-refractivity contribution in [3.05, 3.63) is 0 Å². The van der Waals surface area contributed by atoms with E-state index in [2.05, 4.69) is 45.0 Å². The topological polar surface area (TPSA) is 15.3 Å². The Morgan fingerprint density at radius 1 is 1.43 bits per heavy atom. The number of nitrogens with zero attached hydrogens (tertiary/aromatic N) is 1. The second kappa shape index (κ2) is 4.63. The van der Waals surface area contributed by atoms with Gasteiger partial charge >= 0.3 is 0 Å². The summed E-state index contributed by atoms with van der Waals surface area (Å²) in [5, 5.41) is 3.33. The standard InChI is InChI=1S/C12H26N2/c1-10(2)14-8-6-7-11(9-13-5)12(14,3)4/h10-11,13H,6-9H2,1-5H3. The second-order valence-electron chi connectivity index (χ2n) is 5.34. The van der Waals surface area contributed by atoms with E-state index in [0.717, 1.165) is 12.5 Å². The first-order valence-electron chi connectivity index (χ1n) is 5.91. The first-order valence-corrected chi connectivity index (χ1v) is 5.91. The molecule has 1 atom stereocenters. The molecule has 1 heterocycles. The molecule has 1 unspecified atom stereocenters. The van der Waals surface area contributed by atoms with Crippen LogP contribution in [0.4, 0.5) is 0 Å². The van der Waals surface area contributed by atoms with Crippen LogP contribution in [0.25, 0.3) is 0 Å². The van der Waals surface area contributed by atoms with Crippen molar-refractivity contribution in [2.24, 2.45) is 5.92 Å². The third-order valence-electron chi connectivity index (χ3n) is 3.76. The van der Waals surface area contributed by atoms with Crippen LogP contribution >= 0.6 is 0 Å². The fraction of sp³-hybridized carbons (Fsp3) is 1.00. The van der Waals surface area contributed by atoms with E-state index in [4.69, 9.17) is 0 Å². The molecule has 0 saturated carbocycles. The highest BCUT2D eigenvalue weighted by molar-refractivity contribution is 4.94. The van der Waals surface area contributed by atoms with Crippen LogP contribution in [-0.4, -0.2) is 36.6 Å². The summed E-state index contributed by atoms with van der Waals surface area (Å²) in [6, 6.07) is 0.671. The van der Waals surface area contributed by atoms with Crippen molar-refractivity contribution in [1.82, 2.24) is 10.2 Å². The summed E-state index contributed by atoms with van der Waals surface area (Å²) in [6.45, 7) is 11.8. The molecule has 84 valence electrons. The monoisotopic (exact) mass is 198 g/mol. The van der Waals surface area contributed by atoms with E-state index in [-0.39, 0.29) is 0 Å². The maximum Gasteiger partial charge on any atom is 0.0196 e. The molecule has 1 rings (SSSR count). The van der Waals surface area contributed by atoms with Gasteiger partial charge in [-0.1, -0.05) is 0 Å². The number of piperidine rings is 1. The van der Waals surface area contributed by atoms with E-state index in [0.29, 0.717) is 11.6 Å². The Kier molecular flexibility index (Phi) is 3.96. The molecule has 2 heteroatoms. The quantitative estimate of drug-likeness (QED) is 0.747. The summed E-state index contributed by atoms with van der Waals surface area (Å²) >= 11 is 0. The van der Waals surface area contributed by atoms with Crippen LogP contribution in [0.5, 0.6) is 0 Å². The van der Waals surface area contributed by atoms with Gasteiger partial charge in [0.1, 0.15) is 0 Å². The minimum Gasteiger partial charge on any atom is -0.319 e. The molecule has 0 aromatic heterocycles. The van der Waals surface area contributed by atoms with Crippen LogP contribution in [0, 0.1) is 5.92 Å². The molecule has 2 nitrogen and oxygen atoms in total. The zero-order chi connectivity index (χ0) is 10.8. The summed E-state index contributed by atoms with van der Waals surface area (Å²) in [6.07, 6.45) is 2.73. The average Bonchev–Trinajstić information content (AvgIpc) is 2.07. The van der Waals surface area contributed by atoms with Crippen molar-refractivity contribution in [3.8, 4) is 0 Å². The van der Waals surface area contributed by atoms with Gasteiger partial charge in [0.2, 0.25) is 0 Å². The van der Waals surface area contributed by atoms with E-state index in [1.165, 1.54) is 19.4 Å². The van der Waals surface area contributed by atoms with Crippen LogP contribution in [0.15, 0.2) is 0 Å². The first kappa shape index (κ1) is 12.0. The van der Waals surface area contributed by atoms with Crippen LogP contribution < -0.4 is 5.32 Å². The van der Waals surface area contributed by atoms with Gasteiger partial charge in [-0.3, -0.25) is 4.90 Å². The number of rotatable bonds is 3. The van der Waals surface area contributed by atoms with E-state index in [1.807, 2.05) is 0 Å². The SMILES string of the molecule is CNCC1CCCN(C(C)C)C1(C)C. The normalized spacial score (nSPS) is 28.3. The Labute approximate surface area is 89.1 Å². The summed E-state index contributed by atoms with van der Waals surface area (Å²) in [5.41, 5.74) is 0.357. The van der Waals surface area contributed by atoms with E-state index in [1.54, 1.807) is 0 Å². The number of hydrogen-bond acceptors (Lipinski definition) is 2. The summed E-state index contributed by atoms with van der Waals surface area (Å²) < 4.78 is 0. The molecule has 0 bridgehead atoms. The smallest absolute Gasteiger partial charge is 0.0196 e. The van der Waals surface area contributed by atoms with Gasteiger partial charge in [-0.05, 0) is 66.6 Å². The van der Waals surface area contributed by atoms with Crippen LogP contribution in [0.1, 0.15) is 40.5 Å². The highest BCUT2D eigenvalue weighted by Gasteiger charge is 2.38. The maximum atomic E-state index is 3.33. The summed E-state index contributed by atoms with van der Waals surface area (Å²) in [4.78, 5) is 2.65. The fourth-order valence-electron chi connectivity index (χ4n) is 2.91. The molecule has 1 fully saturated rings. The van der Waals surface area contributed by atoms with Crippen molar-refractivity contribution < 1.29 is 0 Å². The molecule has 1 N–H and O–H groups in total. The predicted molar refractivity (Wildman–Crippen MR) is 62.6 cm³/mol. The molecule has 1 saturated heterocycles. The highest BCUT2D eigenvalue weighted by atomic mass is 15.2. The average molecular weight is 198 g/mol. The minimum atomic E-state index is 0.357.